The predicted octanol–water partition coefficient (Wildman–Crippen LogP) is 3.74. The first kappa shape index (κ1) is 16.2. The first-order chi connectivity index (χ1) is 10.1. The molecular formula is C18H30N2O. The van der Waals surface area contributed by atoms with E-state index < -0.39 is 0 Å². The molecule has 1 fully saturated rings. The van der Waals surface area contributed by atoms with Gasteiger partial charge in [0.25, 0.3) is 0 Å². The maximum atomic E-state index is 6.08. The summed E-state index contributed by atoms with van der Waals surface area (Å²) in [7, 11) is 0. The number of nitrogens with two attached hydrogens (primary N) is 1. The van der Waals surface area contributed by atoms with Gasteiger partial charge >= 0.3 is 0 Å². The third-order valence-electron chi connectivity index (χ3n) is 4.61. The van der Waals surface area contributed by atoms with E-state index in [1.54, 1.807) is 0 Å². The van der Waals surface area contributed by atoms with Crippen LogP contribution in [0.15, 0.2) is 18.2 Å². The van der Waals surface area contributed by atoms with E-state index in [4.69, 9.17) is 10.5 Å². The summed E-state index contributed by atoms with van der Waals surface area (Å²) in [6.45, 7) is 9.49. The molecule has 0 saturated carbocycles. The van der Waals surface area contributed by atoms with Crippen molar-refractivity contribution in [2.75, 3.05) is 24.6 Å². The Bertz CT molecular complexity index is 443. The topological polar surface area (TPSA) is 38.5 Å². The van der Waals surface area contributed by atoms with Crippen molar-refractivity contribution in [3.8, 4) is 5.75 Å². The van der Waals surface area contributed by atoms with Gasteiger partial charge in [0.1, 0.15) is 5.75 Å². The predicted molar refractivity (Wildman–Crippen MR) is 90.2 cm³/mol. The zero-order chi connectivity index (χ0) is 15.2. The number of hydrogen-bond acceptors (Lipinski definition) is 3. The number of hydrogen-bond donors (Lipinski definition) is 1. The van der Waals surface area contributed by atoms with Crippen LogP contribution in [0, 0.1) is 12.8 Å². The summed E-state index contributed by atoms with van der Waals surface area (Å²) in [5, 5.41) is 0. The molecule has 1 heterocycles. The lowest BCUT2D eigenvalue weighted by Gasteiger charge is -2.33. The number of aryl methyl sites for hydroxylation is 1. The van der Waals surface area contributed by atoms with Gasteiger partial charge in [-0.3, -0.25) is 0 Å². The largest absolute Gasteiger partial charge is 0.493 e. The average Bonchev–Trinajstić information content (AvgIpc) is 2.49. The molecule has 1 atom stereocenters. The molecule has 0 spiro atoms. The molecule has 1 aromatic rings. The van der Waals surface area contributed by atoms with Crippen LogP contribution in [0.5, 0.6) is 5.75 Å². The van der Waals surface area contributed by atoms with Gasteiger partial charge in [-0.25, -0.2) is 0 Å². The van der Waals surface area contributed by atoms with Crippen molar-refractivity contribution < 1.29 is 4.74 Å². The van der Waals surface area contributed by atoms with Crippen molar-refractivity contribution in [2.24, 2.45) is 11.7 Å². The number of rotatable bonds is 6. The van der Waals surface area contributed by atoms with E-state index in [0.717, 1.165) is 31.9 Å². The van der Waals surface area contributed by atoms with Crippen LogP contribution in [0.25, 0.3) is 0 Å². The van der Waals surface area contributed by atoms with Gasteiger partial charge < -0.3 is 15.4 Å². The Morgan fingerprint density at radius 2 is 2.10 bits per heavy atom. The fourth-order valence-corrected chi connectivity index (χ4v) is 2.97. The molecule has 0 aromatic heterocycles. The van der Waals surface area contributed by atoms with E-state index in [2.05, 4.69) is 43.9 Å². The van der Waals surface area contributed by atoms with Crippen molar-refractivity contribution in [1.82, 2.24) is 0 Å². The maximum absolute atomic E-state index is 6.08. The second-order valence-electron chi connectivity index (χ2n) is 6.29. The van der Waals surface area contributed by atoms with E-state index >= 15 is 0 Å². The van der Waals surface area contributed by atoms with E-state index in [1.807, 2.05) is 0 Å². The Balaban J connectivity index is 2.00. The van der Waals surface area contributed by atoms with Crippen LogP contribution in [0.1, 0.15) is 45.1 Å². The van der Waals surface area contributed by atoms with E-state index in [1.165, 1.54) is 30.5 Å². The summed E-state index contributed by atoms with van der Waals surface area (Å²) < 4.78 is 6.00. The average molecular weight is 290 g/mol. The minimum atomic E-state index is 0.310. The van der Waals surface area contributed by atoms with Crippen LogP contribution in [0.3, 0.4) is 0 Å². The molecule has 1 aliphatic rings. The molecular weight excluding hydrogens is 260 g/mol. The highest BCUT2D eigenvalue weighted by atomic mass is 16.5. The SMILES string of the molecule is CCC(CC)COc1ccc(N2CCCC(N)C2)cc1C. The molecule has 0 amide bonds. The summed E-state index contributed by atoms with van der Waals surface area (Å²) in [6.07, 6.45) is 4.69. The molecule has 2 N–H and O–H groups in total. The lowest BCUT2D eigenvalue weighted by molar-refractivity contribution is 0.239. The second-order valence-corrected chi connectivity index (χ2v) is 6.29. The molecule has 118 valence electrons. The third-order valence-corrected chi connectivity index (χ3v) is 4.61. The highest BCUT2D eigenvalue weighted by Crippen LogP contribution is 2.27. The fraction of sp³-hybridized carbons (Fsp3) is 0.667. The summed E-state index contributed by atoms with van der Waals surface area (Å²) in [6, 6.07) is 6.84. The lowest BCUT2D eigenvalue weighted by atomic mass is 10.0. The molecule has 0 bridgehead atoms. The van der Waals surface area contributed by atoms with Crippen LogP contribution in [0.4, 0.5) is 5.69 Å². The van der Waals surface area contributed by atoms with Crippen LogP contribution in [-0.2, 0) is 0 Å². The van der Waals surface area contributed by atoms with Gasteiger partial charge in [0, 0.05) is 24.8 Å². The zero-order valence-electron chi connectivity index (χ0n) is 13.8. The minimum Gasteiger partial charge on any atom is -0.493 e. The van der Waals surface area contributed by atoms with Gasteiger partial charge in [0.2, 0.25) is 0 Å². The fourth-order valence-electron chi connectivity index (χ4n) is 2.97. The van der Waals surface area contributed by atoms with Gasteiger partial charge in [-0.2, -0.15) is 0 Å². The number of benzene rings is 1. The van der Waals surface area contributed by atoms with Crippen molar-refractivity contribution in [1.29, 1.82) is 0 Å². The van der Waals surface area contributed by atoms with Gasteiger partial charge in [-0.1, -0.05) is 26.7 Å². The molecule has 3 nitrogen and oxygen atoms in total. The van der Waals surface area contributed by atoms with Gasteiger partial charge in [-0.05, 0) is 49.4 Å². The highest BCUT2D eigenvalue weighted by Gasteiger charge is 2.17. The number of piperidine rings is 1. The van der Waals surface area contributed by atoms with Crippen molar-refractivity contribution in [3.63, 3.8) is 0 Å². The van der Waals surface area contributed by atoms with Crippen molar-refractivity contribution in [3.05, 3.63) is 23.8 Å². The molecule has 1 aliphatic heterocycles. The van der Waals surface area contributed by atoms with Crippen LogP contribution < -0.4 is 15.4 Å². The van der Waals surface area contributed by atoms with Gasteiger partial charge in [0.05, 0.1) is 6.61 Å². The smallest absolute Gasteiger partial charge is 0.122 e. The Morgan fingerprint density at radius 1 is 1.33 bits per heavy atom. The van der Waals surface area contributed by atoms with Crippen LogP contribution in [-0.4, -0.2) is 25.7 Å². The Kier molecular flexibility index (Phi) is 5.92. The van der Waals surface area contributed by atoms with E-state index in [-0.39, 0.29) is 0 Å². The zero-order valence-corrected chi connectivity index (χ0v) is 13.8. The quantitative estimate of drug-likeness (QED) is 0.867. The van der Waals surface area contributed by atoms with Crippen LogP contribution in [0.2, 0.25) is 0 Å². The maximum Gasteiger partial charge on any atom is 0.122 e. The molecule has 1 saturated heterocycles. The molecule has 3 heteroatoms. The number of nitrogens with zero attached hydrogens (tertiary/aromatic N) is 1. The first-order valence-electron chi connectivity index (χ1n) is 8.38. The number of anilines is 1. The molecule has 21 heavy (non-hydrogen) atoms. The van der Waals surface area contributed by atoms with Gasteiger partial charge in [-0.15, -0.1) is 0 Å². The molecule has 0 aliphatic carbocycles. The molecule has 1 aromatic carbocycles. The highest BCUT2D eigenvalue weighted by molar-refractivity contribution is 5.53. The molecule has 2 rings (SSSR count). The summed E-state index contributed by atoms with van der Waals surface area (Å²) in [4.78, 5) is 2.39. The van der Waals surface area contributed by atoms with Crippen LogP contribution >= 0.6 is 0 Å². The Hall–Kier alpha value is -1.22. The number of ether oxygens (including phenoxy) is 1. The molecule has 0 radical (unpaired) electrons. The normalized spacial score (nSPS) is 19.1. The summed E-state index contributed by atoms with van der Waals surface area (Å²) in [5.41, 5.74) is 8.57. The summed E-state index contributed by atoms with van der Waals surface area (Å²) in [5.74, 6) is 1.68. The lowest BCUT2D eigenvalue weighted by Crippen LogP contribution is -2.42. The second kappa shape index (κ2) is 7.69. The standard InChI is InChI=1S/C18H30N2O/c1-4-15(5-2)13-21-18-9-8-17(11-14(18)3)20-10-6-7-16(19)12-20/h8-9,11,15-16H,4-7,10,12-13,19H2,1-3H3. The molecule has 1 unspecified atom stereocenters. The first-order valence-corrected chi connectivity index (χ1v) is 8.38. The minimum absolute atomic E-state index is 0.310. The Labute approximate surface area is 129 Å². The van der Waals surface area contributed by atoms with E-state index in [0.29, 0.717) is 12.0 Å². The summed E-state index contributed by atoms with van der Waals surface area (Å²) >= 11 is 0. The third kappa shape index (κ3) is 4.37. The van der Waals surface area contributed by atoms with E-state index in [9.17, 15) is 0 Å². The Morgan fingerprint density at radius 3 is 2.71 bits per heavy atom. The van der Waals surface area contributed by atoms with Crippen molar-refractivity contribution >= 4 is 5.69 Å². The van der Waals surface area contributed by atoms with Crippen molar-refractivity contribution in [2.45, 2.75) is 52.5 Å². The van der Waals surface area contributed by atoms with Gasteiger partial charge in [0.15, 0.2) is 0 Å². The monoisotopic (exact) mass is 290 g/mol.